The molecule has 0 aliphatic rings. The van der Waals surface area contributed by atoms with Gasteiger partial charge in [-0.15, -0.1) is 0 Å². The Bertz CT molecular complexity index is 575. The highest BCUT2D eigenvalue weighted by Crippen LogP contribution is 2.31. The second kappa shape index (κ2) is 7.66. The summed E-state index contributed by atoms with van der Waals surface area (Å²) in [6, 6.07) is 15.2. The average Bonchev–Trinajstić information content (AvgIpc) is 2.51. The van der Waals surface area contributed by atoms with Gasteiger partial charge >= 0.3 is 5.97 Å². The Morgan fingerprint density at radius 3 is 1.73 bits per heavy atom. The summed E-state index contributed by atoms with van der Waals surface area (Å²) in [5, 5.41) is 1.36. The molecule has 0 amide bonds. The first-order valence-electron chi connectivity index (χ1n) is 7.21. The Morgan fingerprint density at radius 2 is 1.36 bits per heavy atom. The van der Waals surface area contributed by atoms with Crippen LogP contribution in [0.1, 0.15) is 37.3 Å². The molecule has 0 saturated heterocycles. The predicted molar refractivity (Wildman–Crippen MR) is 90.6 cm³/mol. The molecule has 22 heavy (non-hydrogen) atoms. The van der Waals surface area contributed by atoms with E-state index in [1.807, 2.05) is 55.5 Å². The third-order valence-corrected chi connectivity index (χ3v) is 4.04. The fraction of sp³-hybridized carbons (Fsp3) is 0.278. The number of carbonyl (C=O) groups excluding carboxylic acids is 1. The van der Waals surface area contributed by atoms with Gasteiger partial charge in [-0.2, -0.15) is 0 Å². The summed E-state index contributed by atoms with van der Waals surface area (Å²) in [5.41, 5.74) is 2.09. The maximum Gasteiger partial charge on any atom is 0.305 e. The molecule has 0 fully saturated rings. The van der Waals surface area contributed by atoms with Gasteiger partial charge < -0.3 is 4.74 Å². The van der Waals surface area contributed by atoms with E-state index in [1.165, 1.54) is 0 Å². The summed E-state index contributed by atoms with van der Waals surface area (Å²) >= 11 is 11.9. The molecule has 0 N–H and O–H groups in total. The zero-order valence-corrected chi connectivity index (χ0v) is 14.1. The van der Waals surface area contributed by atoms with Crippen molar-refractivity contribution in [2.45, 2.75) is 32.3 Å². The molecular weight excluding hydrogens is 319 g/mol. The van der Waals surface area contributed by atoms with Crippen LogP contribution in [0.4, 0.5) is 0 Å². The quantitative estimate of drug-likeness (QED) is 0.677. The van der Waals surface area contributed by atoms with Crippen molar-refractivity contribution in [2.75, 3.05) is 0 Å². The van der Waals surface area contributed by atoms with Crippen LogP contribution in [0.3, 0.4) is 0 Å². The molecule has 0 aliphatic carbocycles. The van der Waals surface area contributed by atoms with Gasteiger partial charge in [0.2, 0.25) is 0 Å². The standard InChI is InChI=1S/C18H18Cl2O2/c1-3-17(21)22-12(2)18(13-4-8-15(19)9-5-13)14-6-10-16(20)11-7-14/h4-12,18H,3H2,1-2H3. The molecule has 116 valence electrons. The lowest BCUT2D eigenvalue weighted by molar-refractivity contribution is -0.148. The molecule has 0 aromatic heterocycles. The van der Waals surface area contributed by atoms with Gasteiger partial charge in [0.25, 0.3) is 0 Å². The number of halogens is 2. The minimum Gasteiger partial charge on any atom is -0.462 e. The number of hydrogen-bond donors (Lipinski definition) is 0. The van der Waals surface area contributed by atoms with E-state index in [4.69, 9.17) is 27.9 Å². The molecule has 0 spiro atoms. The molecule has 4 heteroatoms. The normalized spacial score (nSPS) is 12.2. The molecule has 1 atom stereocenters. The fourth-order valence-electron chi connectivity index (χ4n) is 2.43. The van der Waals surface area contributed by atoms with Crippen LogP contribution in [0.25, 0.3) is 0 Å². The molecule has 2 aromatic rings. The summed E-state index contributed by atoms with van der Waals surface area (Å²) < 4.78 is 5.53. The van der Waals surface area contributed by atoms with Crippen molar-refractivity contribution < 1.29 is 9.53 Å². The first-order chi connectivity index (χ1) is 10.5. The Hall–Kier alpha value is -1.51. The smallest absolute Gasteiger partial charge is 0.305 e. The van der Waals surface area contributed by atoms with Gasteiger partial charge in [0.05, 0.1) is 0 Å². The number of ether oxygens (including phenoxy) is 1. The van der Waals surface area contributed by atoms with Crippen molar-refractivity contribution >= 4 is 29.2 Å². The number of carbonyl (C=O) groups is 1. The highest BCUT2D eigenvalue weighted by atomic mass is 35.5. The zero-order valence-electron chi connectivity index (χ0n) is 12.6. The van der Waals surface area contributed by atoms with Crippen molar-refractivity contribution in [2.24, 2.45) is 0 Å². The van der Waals surface area contributed by atoms with E-state index in [-0.39, 0.29) is 18.0 Å². The predicted octanol–water partition coefficient (Wildman–Crippen LogP) is 5.47. The highest BCUT2D eigenvalue weighted by molar-refractivity contribution is 6.30. The van der Waals surface area contributed by atoms with Crippen molar-refractivity contribution in [3.05, 3.63) is 69.7 Å². The van der Waals surface area contributed by atoms with Crippen molar-refractivity contribution in [1.82, 2.24) is 0 Å². The summed E-state index contributed by atoms with van der Waals surface area (Å²) in [6.45, 7) is 3.69. The second-order valence-corrected chi connectivity index (χ2v) is 6.00. The van der Waals surface area contributed by atoms with Crippen LogP contribution < -0.4 is 0 Å². The van der Waals surface area contributed by atoms with Gasteiger partial charge in [-0.25, -0.2) is 0 Å². The molecule has 0 bridgehead atoms. The summed E-state index contributed by atoms with van der Waals surface area (Å²) in [4.78, 5) is 11.6. The average molecular weight is 337 g/mol. The van der Waals surface area contributed by atoms with Gasteiger partial charge in [-0.05, 0) is 42.3 Å². The molecule has 0 heterocycles. The van der Waals surface area contributed by atoms with E-state index in [0.29, 0.717) is 16.5 Å². The van der Waals surface area contributed by atoms with Gasteiger partial charge in [-0.3, -0.25) is 4.79 Å². The van der Waals surface area contributed by atoms with Gasteiger partial charge in [0.15, 0.2) is 0 Å². The molecule has 2 nitrogen and oxygen atoms in total. The van der Waals surface area contributed by atoms with E-state index >= 15 is 0 Å². The number of esters is 1. The molecular formula is C18H18Cl2O2. The fourth-order valence-corrected chi connectivity index (χ4v) is 2.69. The molecule has 2 aromatic carbocycles. The largest absolute Gasteiger partial charge is 0.462 e. The zero-order chi connectivity index (χ0) is 16.1. The highest BCUT2D eigenvalue weighted by Gasteiger charge is 2.24. The van der Waals surface area contributed by atoms with Crippen LogP contribution in [-0.2, 0) is 9.53 Å². The minimum absolute atomic E-state index is 0.0648. The van der Waals surface area contributed by atoms with E-state index in [9.17, 15) is 4.79 Å². The maximum atomic E-state index is 11.6. The van der Waals surface area contributed by atoms with Crippen molar-refractivity contribution in [1.29, 1.82) is 0 Å². The van der Waals surface area contributed by atoms with Crippen LogP contribution in [0.2, 0.25) is 10.0 Å². The minimum atomic E-state index is -0.283. The van der Waals surface area contributed by atoms with Gasteiger partial charge in [0.1, 0.15) is 6.10 Å². The van der Waals surface area contributed by atoms with E-state index in [1.54, 1.807) is 6.92 Å². The van der Waals surface area contributed by atoms with E-state index < -0.39 is 0 Å². The molecule has 0 radical (unpaired) electrons. The monoisotopic (exact) mass is 336 g/mol. The Balaban J connectivity index is 2.37. The van der Waals surface area contributed by atoms with Gasteiger partial charge in [0, 0.05) is 22.4 Å². The summed E-state index contributed by atoms with van der Waals surface area (Å²) in [7, 11) is 0. The number of hydrogen-bond acceptors (Lipinski definition) is 2. The molecule has 2 rings (SSSR count). The first-order valence-corrected chi connectivity index (χ1v) is 7.97. The van der Waals surface area contributed by atoms with Crippen LogP contribution >= 0.6 is 23.2 Å². The van der Waals surface area contributed by atoms with Gasteiger partial charge in [-0.1, -0.05) is 54.4 Å². The first kappa shape index (κ1) is 16.9. The molecule has 0 saturated carbocycles. The number of rotatable bonds is 5. The van der Waals surface area contributed by atoms with Crippen LogP contribution in [0.15, 0.2) is 48.5 Å². The molecule has 0 aliphatic heterocycles. The third-order valence-electron chi connectivity index (χ3n) is 3.53. The van der Waals surface area contributed by atoms with Crippen LogP contribution in [0, 0.1) is 0 Å². The van der Waals surface area contributed by atoms with E-state index in [0.717, 1.165) is 11.1 Å². The van der Waals surface area contributed by atoms with Crippen LogP contribution in [0.5, 0.6) is 0 Å². The SMILES string of the molecule is CCC(=O)OC(C)C(c1ccc(Cl)cc1)c1ccc(Cl)cc1. The Labute approximate surface area is 141 Å². The summed E-state index contributed by atoms with van der Waals surface area (Å²) in [6.07, 6.45) is 0.0768. The lowest BCUT2D eigenvalue weighted by Crippen LogP contribution is -2.23. The maximum absolute atomic E-state index is 11.6. The Morgan fingerprint density at radius 1 is 0.955 bits per heavy atom. The lowest BCUT2D eigenvalue weighted by atomic mass is 9.87. The topological polar surface area (TPSA) is 26.3 Å². The van der Waals surface area contributed by atoms with E-state index in [2.05, 4.69) is 0 Å². The molecule has 1 unspecified atom stereocenters. The van der Waals surface area contributed by atoms with Crippen molar-refractivity contribution in [3.63, 3.8) is 0 Å². The Kier molecular flexibility index (Phi) is 5.87. The third kappa shape index (κ3) is 4.25. The van der Waals surface area contributed by atoms with Crippen LogP contribution in [-0.4, -0.2) is 12.1 Å². The van der Waals surface area contributed by atoms with Crippen molar-refractivity contribution in [3.8, 4) is 0 Å². The number of benzene rings is 2. The second-order valence-electron chi connectivity index (χ2n) is 5.13. The lowest BCUT2D eigenvalue weighted by Gasteiger charge is -2.25. The summed E-state index contributed by atoms with van der Waals surface area (Å²) in [5.74, 6) is -0.273.